The number of non-ortho nitro benzene ring substituents is 1. The van der Waals surface area contributed by atoms with Gasteiger partial charge in [-0.05, 0) is 13.0 Å². The minimum Gasteiger partial charge on any atom is -0.871 e. The van der Waals surface area contributed by atoms with Gasteiger partial charge in [0.25, 0.3) is 13.5 Å². The van der Waals surface area contributed by atoms with Crippen LogP contribution in [0.1, 0.15) is 21.6 Å². The molecule has 0 saturated carbocycles. The van der Waals surface area contributed by atoms with E-state index in [0.717, 1.165) is 12.1 Å². The number of hydrogen-bond acceptors (Lipinski definition) is 10. The molecule has 0 radical (unpaired) electrons. The van der Waals surface area contributed by atoms with Crippen LogP contribution in [0.15, 0.2) is 28.4 Å². The topological polar surface area (TPSA) is 190 Å². The quantitative estimate of drug-likeness (QED) is 0.105. The van der Waals surface area contributed by atoms with Crippen LogP contribution in [0.5, 0.6) is 5.75 Å². The number of nitro groups is 1. The molecule has 0 fully saturated rings. The molecule has 148 valence electrons. The van der Waals surface area contributed by atoms with Crippen LogP contribution in [0.4, 0.5) is 17.2 Å². The first-order chi connectivity index (χ1) is 13.0. The van der Waals surface area contributed by atoms with Crippen molar-refractivity contribution in [3.63, 3.8) is 0 Å². The number of phosphoric acid groups is 1. The SMILES string of the molecule is Cc1nc(N=Nc2cc([N+](=O)[O-])ccc2Cl)c(COP(=O)([O-])O)c(C=O)c1[O-].[Na+].[Na+]. The molecule has 2 aromatic rings. The number of aryl methyl sites for hydroxylation is 1. The number of benzene rings is 1. The molecule has 0 bridgehead atoms. The van der Waals surface area contributed by atoms with Gasteiger partial charge in [0.05, 0.1) is 16.6 Å². The number of azo groups is 1. The number of hydrogen-bond donors (Lipinski definition) is 1. The van der Waals surface area contributed by atoms with Gasteiger partial charge < -0.3 is 19.4 Å². The van der Waals surface area contributed by atoms with E-state index in [0.29, 0.717) is 0 Å². The first-order valence-corrected chi connectivity index (χ1v) is 9.10. The van der Waals surface area contributed by atoms with Crippen molar-refractivity contribution < 1.29 is 92.8 Å². The fourth-order valence-corrected chi connectivity index (χ4v) is 2.47. The molecular weight excluding hydrogens is 465 g/mol. The van der Waals surface area contributed by atoms with Crippen molar-refractivity contribution in [3.05, 3.63) is 50.2 Å². The zero-order valence-electron chi connectivity index (χ0n) is 15.9. The van der Waals surface area contributed by atoms with Crippen molar-refractivity contribution in [2.24, 2.45) is 10.2 Å². The minimum atomic E-state index is -5.17. The van der Waals surface area contributed by atoms with Crippen LogP contribution in [-0.4, -0.2) is 21.1 Å². The summed E-state index contributed by atoms with van der Waals surface area (Å²) < 4.78 is 15.1. The number of aromatic nitrogens is 1. The minimum absolute atomic E-state index is 0. The molecule has 1 unspecified atom stereocenters. The standard InChI is InChI=1S/C14H12ClN4O8P.2Na/c1-7-13(21)9(5-20)10(6-27-28(24,25)26)14(16-7)18-17-12-4-8(19(22)23)2-3-11(12)15;;/h2-5,21H,6H2,1H3,(H2,24,25,26);;/q;2*+1/p-2. The number of halogens is 1. The zero-order valence-corrected chi connectivity index (χ0v) is 21.6. The first kappa shape index (κ1) is 29.2. The van der Waals surface area contributed by atoms with Gasteiger partial charge in [0.2, 0.25) is 0 Å². The Labute approximate surface area is 218 Å². The summed E-state index contributed by atoms with van der Waals surface area (Å²) in [6, 6.07) is 3.39. The summed E-state index contributed by atoms with van der Waals surface area (Å²) in [5.41, 5.74) is -1.40. The largest absolute Gasteiger partial charge is 1.00 e. The maximum atomic E-state index is 12.0. The van der Waals surface area contributed by atoms with E-state index in [1.165, 1.54) is 13.0 Å². The summed E-state index contributed by atoms with van der Waals surface area (Å²) in [6.07, 6.45) is 0.155. The average Bonchev–Trinajstić information content (AvgIpc) is 2.61. The van der Waals surface area contributed by atoms with Gasteiger partial charge in [-0.2, -0.15) is 0 Å². The normalized spacial score (nSPS) is 12.5. The molecule has 0 spiro atoms. The van der Waals surface area contributed by atoms with E-state index in [1.807, 2.05) is 0 Å². The Balaban J connectivity index is 0.00000420. The average molecular weight is 475 g/mol. The van der Waals surface area contributed by atoms with Crippen LogP contribution in [0.3, 0.4) is 0 Å². The third kappa shape index (κ3) is 7.74. The Bertz CT molecular complexity index is 1030. The maximum Gasteiger partial charge on any atom is 1.00 e. The van der Waals surface area contributed by atoms with E-state index in [4.69, 9.17) is 16.5 Å². The summed E-state index contributed by atoms with van der Waals surface area (Å²) >= 11 is 5.90. The van der Waals surface area contributed by atoms with Crippen LogP contribution in [0.2, 0.25) is 5.02 Å². The van der Waals surface area contributed by atoms with Crippen molar-refractivity contribution in [1.29, 1.82) is 0 Å². The van der Waals surface area contributed by atoms with Crippen LogP contribution in [0.25, 0.3) is 0 Å². The summed E-state index contributed by atoms with van der Waals surface area (Å²) in [5.74, 6) is -1.16. The van der Waals surface area contributed by atoms with Crippen molar-refractivity contribution >= 4 is 42.9 Å². The predicted octanol–water partition coefficient (Wildman–Crippen LogP) is -3.76. The number of carbonyl (C=O) groups excluding carboxylic acids is 1. The third-order valence-electron chi connectivity index (χ3n) is 3.32. The summed E-state index contributed by atoms with van der Waals surface area (Å²) in [5, 5.41) is 30.3. The molecule has 0 aliphatic carbocycles. The molecule has 1 atom stereocenters. The molecule has 16 heteroatoms. The Hall–Kier alpha value is -0.760. The van der Waals surface area contributed by atoms with Crippen LogP contribution < -0.4 is 69.1 Å². The summed E-state index contributed by atoms with van der Waals surface area (Å²) in [7, 11) is -5.17. The number of carbonyl (C=O) groups is 1. The number of aldehydes is 1. The molecule has 0 saturated heterocycles. The zero-order chi connectivity index (χ0) is 21.1. The molecule has 0 aliphatic rings. The fourth-order valence-electron chi connectivity index (χ4n) is 2.02. The van der Waals surface area contributed by atoms with E-state index in [9.17, 15) is 29.5 Å². The molecular formula is C14H10ClN4Na2O8P. The second-order valence-electron chi connectivity index (χ2n) is 5.19. The Kier molecular flexibility index (Phi) is 12.0. The number of phosphoric ester groups is 1. The second-order valence-corrected chi connectivity index (χ2v) is 6.80. The van der Waals surface area contributed by atoms with Crippen LogP contribution in [0, 0.1) is 17.0 Å². The van der Waals surface area contributed by atoms with Crippen molar-refractivity contribution in [1.82, 2.24) is 4.98 Å². The number of nitrogens with zero attached hydrogens (tertiary/aromatic N) is 4. The number of pyridine rings is 1. The number of rotatable bonds is 7. The van der Waals surface area contributed by atoms with E-state index >= 15 is 0 Å². The first-order valence-electron chi connectivity index (χ1n) is 7.23. The maximum absolute atomic E-state index is 12.0. The molecule has 0 amide bonds. The van der Waals surface area contributed by atoms with Gasteiger partial charge in [-0.25, -0.2) is 4.98 Å². The van der Waals surface area contributed by atoms with Crippen LogP contribution >= 0.6 is 19.4 Å². The monoisotopic (exact) mass is 474 g/mol. The molecule has 0 aliphatic heterocycles. The van der Waals surface area contributed by atoms with E-state index in [1.54, 1.807) is 0 Å². The summed E-state index contributed by atoms with van der Waals surface area (Å²) in [6.45, 7) is 0.370. The summed E-state index contributed by atoms with van der Waals surface area (Å²) in [4.78, 5) is 44.8. The van der Waals surface area contributed by atoms with Gasteiger partial charge in [-0.1, -0.05) is 17.4 Å². The van der Waals surface area contributed by atoms with Gasteiger partial charge in [0.1, 0.15) is 12.0 Å². The molecule has 12 nitrogen and oxygen atoms in total. The third-order valence-corrected chi connectivity index (χ3v) is 4.10. The molecule has 1 aromatic heterocycles. The second kappa shape index (κ2) is 12.3. The van der Waals surface area contributed by atoms with E-state index in [2.05, 4.69) is 19.7 Å². The van der Waals surface area contributed by atoms with Gasteiger partial charge in [-0.3, -0.25) is 19.5 Å². The number of nitro benzene ring substituents is 1. The van der Waals surface area contributed by atoms with Crippen LogP contribution in [-0.2, 0) is 15.7 Å². The van der Waals surface area contributed by atoms with Crippen molar-refractivity contribution in [3.8, 4) is 5.75 Å². The van der Waals surface area contributed by atoms with E-state index < -0.39 is 30.7 Å². The Morgan fingerprint density at radius 3 is 2.53 bits per heavy atom. The Morgan fingerprint density at radius 1 is 1.37 bits per heavy atom. The molecule has 1 N–H and O–H groups in total. The van der Waals surface area contributed by atoms with Gasteiger partial charge >= 0.3 is 59.1 Å². The van der Waals surface area contributed by atoms with Crippen molar-refractivity contribution in [2.75, 3.05) is 0 Å². The van der Waals surface area contributed by atoms with Gasteiger partial charge in [0, 0.05) is 29.0 Å². The fraction of sp³-hybridized carbons (Fsp3) is 0.143. The molecule has 30 heavy (non-hydrogen) atoms. The molecule has 1 aromatic carbocycles. The van der Waals surface area contributed by atoms with Gasteiger partial charge in [-0.15, -0.1) is 10.2 Å². The van der Waals surface area contributed by atoms with Gasteiger partial charge in [0.15, 0.2) is 5.82 Å². The van der Waals surface area contributed by atoms with E-state index in [-0.39, 0.29) is 98.9 Å². The molecule has 2 rings (SSSR count). The molecule has 1 heterocycles. The smallest absolute Gasteiger partial charge is 0.871 e. The van der Waals surface area contributed by atoms with Crippen molar-refractivity contribution in [2.45, 2.75) is 13.5 Å². The Morgan fingerprint density at radius 2 is 2.00 bits per heavy atom. The predicted molar refractivity (Wildman–Crippen MR) is 90.7 cm³/mol.